The van der Waals surface area contributed by atoms with Gasteiger partial charge in [0.2, 0.25) is 0 Å². The zero-order chi connectivity index (χ0) is 13.2. The topological polar surface area (TPSA) is 69.2 Å². The highest BCUT2D eigenvalue weighted by atomic mass is 15.3. The molecule has 19 heavy (non-hydrogen) atoms. The van der Waals surface area contributed by atoms with E-state index in [4.69, 9.17) is 11.1 Å². The van der Waals surface area contributed by atoms with Gasteiger partial charge in [-0.15, -0.1) is 0 Å². The molecule has 0 saturated carbocycles. The second-order valence-corrected chi connectivity index (χ2v) is 5.43. The molecule has 2 aliphatic heterocycles. The van der Waals surface area contributed by atoms with Crippen LogP contribution in [0.2, 0.25) is 0 Å². The Kier molecular flexibility index (Phi) is 3.38. The largest absolute Gasteiger partial charge is 0.382 e. The zero-order valence-corrected chi connectivity index (χ0v) is 11.2. The summed E-state index contributed by atoms with van der Waals surface area (Å²) in [5.41, 5.74) is 6.07. The van der Waals surface area contributed by atoms with Crippen LogP contribution >= 0.6 is 0 Å². The minimum atomic E-state index is 0.0390. The summed E-state index contributed by atoms with van der Waals surface area (Å²) in [5.74, 6) is 0.992. The van der Waals surface area contributed by atoms with Gasteiger partial charge in [-0.2, -0.15) is 0 Å². The van der Waals surface area contributed by atoms with Crippen molar-refractivity contribution in [2.75, 3.05) is 31.1 Å². The van der Waals surface area contributed by atoms with Crippen molar-refractivity contribution in [1.82, 2.24) is 9.88 Å². The summed E-state index contributed by atoms with van der Waals surface area (Å²) in [4.78, 5) is 9.39. The summed E-state index contributed by atoms with van der Waals surface area (Å²) < 4.78 is 0. The number of likely N-dealkylation sites (tertiary alicyclic amines) is 1. The van der Waals surface area contributed by atoms with Gasteiger partial charge in [0.25, 0.3) is 0 Å². The third-order valence-electron chi connectivity index (χ3n) is 4.15. The van der Waals surface area contributed by atoms with E-state index in [1.807, 2.05) is 12.1 Å². The molecule has 5 nitrogen and oxygen atoms in total. The molecular weight excluding hydrogens is 238 g/mol. The number of anilines is 1. The number of nitrogens with two attached hydrogens (primary N) is 1. The van der Waals surface area contributed by atoms with E-state index >= 15 is 0 Å². The number of amidine groups is 1. The lowest BCUT2D eigenvalue weighted by Gasteiger charge is -2.24. The first-order chi connectivity index (χ1) is 9.24. The van der Waals surface area contributed by atoms with Crippen molar-refractivity contribution in [3.8, 4) is 0 Å². The molecule has 5 heteroatoms. The SMILES string of the molecule is N=C(N)c1cccc(N2CCC(N3CCCC3)C2)n1. The summed E-state index contributed by atoms with van der Waals surface area (Å²) in [6, 6.07) is 6.41. The summed E-state index contributed by atoms with van der Waals surface area (Å²) in [7, 11) is 0. The number of aromatic nitrogens is 1. The van der Waals surface area contributed by atoms with Gasteiger partial charge in [0.05, 0.1) is 0 Å². The third-order valence-corrected chi connectivity index (χ3v) is 4.15. The van der Waals surface area contributed by atoms with Gasteiger partial charge < -0.3 is 10.6 Å². The van der Waals surface area contributed by atoms with E-state index < -0.39 is 0 Å². The van der Waals surface area contributed by atoms with Crippen LogP contribution in [-0.4, -0.2) is 47.9 Å². The van der Waals surface area contributed by atoms with Crippen LogP contribution in [0.3, 0.4) is 0 Å². The van der Waals surface area contributed by atoms with E-state index in [-0.39, 0.29) is 5.84 Å². The first-order valence-corrected chi connectivity index (χ1v) is 7.04. The Labute approximate surface area is 113 Å². The van der Waals surface area contributed by atoms with Gasteiger partial charge >= 0.3 is 0 Å². The number of pyridine rings is 1. The summed E-state index contributed by atoms with van der Waals surface area (Å²) in [6.07, 6.45) is 3.90. The molecular formula is C14H21N5. The molecule has 3 heterocycles. The van der Waals surface area contributed by atoms with Gasteiger partial charge in [0, 0.05) is 19.1 Å². The number of rotatable bonds is 3. The molecule has 0 amide bonds. The molecule has 0 radical (unpaired) electrons. The highest BCUT2D eigenvalue weighted by molar-refractivity contribution is 5.93. The van der Waals surface area contributed by atoms with Gasteiger partial charge in [-0.05, 0) is 44.5 Å². The lowest BCUT2D eigenvalue weighted by molar-refractivity contribution is 0.260. The second-order valence-electron chi connectivity index (χ2n) is 5.43. The Hall–Kier alpha value is -1.62. The monoisotopic (exact) mass is 259 g/mol. The number of nitrogen functional groups attached to an aromatic ring is 1. The van der Waals surface area contributed by atoms with Crippen LogP contribution in [0.4, 0.5) is 5.82 Å². The molecule has 2 fully saturated rings. The van der Waals surface area contributed by atoms with E-state index in [0.717, 1.165) is 18.9 Å². The Morgan fingerprint density at radius 3 is 2.79 bits per heavy atom. The molecule has 1 aromatic rings. The average Bonchev–Trinajstić information content (AvgIpc) is 3.09. The summed E-state index contributed by atoms with van der Waals surface area (Å²) in [6.45, 7) is 4.60. The van der Waals surface area contributed by atoms with Crippen LogP contribution in [0.25, 0.3) is 0 Å². The zero-order valence-electron chi connectivity index (χ0n) is 11.2. The predicted octanol–water partition coefficient (Wildman–Crippen LogP) is 1.04. The van der Waals surface area contributed by atoms with Gasteiger partial charge in [0.15, 0.2) is 0 Å². The fourth-order valence-electron chi connectivity index (χ4n) is 3.10. The van der Waals surface area contributed by atoms with Crippen molar-refractivity contribution in [2.45, 2.75) is 25.3 Å². The molecule has 3 N–H and O–H groups in total. The highest BCUT2D eigenvalue weighted by Gasteiger charge is 2.29. The van der Waals surface area contributed by atoms with Crippen molar-refractivity contribution in [1.29, 1.82) is 5.41 Å². The van der Waals surface area contributed by atoms with Crippen LogP contribution in [0.5, 0.6) is 0 Å². The summed E-state index contributed by atoms with van der Waals surface area (Å²) in [5, 5.41) is 7.47. The van der Waals surface area contributed by atoms with E-state index in [2.05, 4.69) is 14.8 Å². The Balaban J connectivity index is 1.70. The van der Waals surface area contributed by atoms with E-state index in [1.165, 1.54) is 32.4 Å². The van der Waals surface area contributed by atoms with Crippen LogP contribution in [0, 0.1) is 5.41 Å². The Morgan fingerprint density at radius 2 is 2.05 bits per heavy atom. The maximum Gasteiger partial charge on any atom is 0.141 e. The highest BCUT2D eigenvalue weighted by Crippen LogP contribution is 2.24. The summed E-state index contributed by atoms with van der Waals surface area (Å²) >= 11 is 0. The van der Waals surface area contributed by atoms with Crippen molar-refractivity contribution in [3.05, 3.63) is 23.9 Å². The first-order valence-electron chi connectivity index (χ1n) is 7.04. The quantitative estimate of drug-likeness (QED) is 0.628. The lowest BCUT2D eigenvalue weighted by atomic mass is 10.2. The number of hydrogen-bond donors (Lipinski definition) is 2. The second kappa shape index (κ2) is 5.17. The number of nitrogens with one attached hydrogen (secondary N) is 1. The van der Waals surface area contributed by atoms with Gasteiger partial charge in [0.1, 0.15) is 17.3 Å². The van der Waals surface area contributed by atoms with Gasteiger partial charge in [-0.3, -0.25) is 10.3 Å². The number of hydrogen-bond acceptors (Lipinski definition) is 4. The van der Waals surface area contributed by atoms with E-state index in [1.54, 1.807) is 6.07 Å². The minimum Gasteiger partial charge on any atom is -0.382 e. The molecule has 0 aliphatic carbocycles. The van der Waals surface area contributed by atoms with Gasteiger partial charge in [-0.1, -0.05) is 6.07 Å². The minimum absolute atomic E-state index is 0.0390. The molecule has 0 aromatic carbocycles. The Bertz CT molecular complexity index is 467. The molecule has 2 aliphatic rings. The number of nitrogens with zero attached hydrogens (tertiary/aromatic N) is 3. The molecule has 0 spiro atoms. The molecule has 1 aromatic heterocycles. The van der Waals surface area contributed by atoms with Crippen molar-refractivity contribution in [2.24, 2.45) is 5.73 Å². The normalized spacial score (nSPS) is 24.0. The van der Waals surface area contributed by atoms with Crippen molar-refractivity contribution < 1.29 is 0 Å². The van der Waals surface area contributed by atoms with E-state index in [9.17, 15) is 0 Å². The smallest absolute Gasteiger partial charge is 0.141 e. The first kappa shape index (κ1) is 12.4. The fourth-order valence-corrected chi connectivity index (χ4v) is 3.10. The lowest BCUT2D eigenvalue weighted by Crippen LogP contribution is -2.35. The molecule has 3 rings (SSSR count). The molecule has 102 valence electrons. The third kappa shape index (κ3) is 2.56. The van der Waals surface area contributed by atoms with Crippen LogP contribution < -0.4 is 10.6 Å². The van der Waals surface area contributed by atoms with Gasteiger partial charge in [-0.25, -0.2) is 4.98 Å². The predicted molar refractivity (Wildman–Crippen MR) is 76.7 cm³/mol. The van der Waals surface area contributed by atoms with E-state index in [0.29, 0.717) is 11.7 Å². The molecule has 2 saturated heterocycles. The molecule has 1 atom stereocenters. The fraction of sp³-hybridized carbons (Fsp3) is 0.571. The van der Waals surface area contributed by atoms with Crippen LogP contribution in [0.1, 0.15) is 25.0 Å². The standard InChI is InChI=1S/C14H21N5/c15-14(16)12-4-3-5-13(17-12)19-9-6-11(10-19)18-7-1-2-8-18/h3-5,11H,1-2,6-10H2,(H3,15,16). The van der Waals surface area contributed by atoms with Crippen molar-refractivity contribution in [3.63, 3.8) is 0 Å². The molecule has 0 bridgehead atoms. The van der Waals surface area contributed by atoms with Crippen LogP contribution in [-0.2, 0) is 0 Å². The maximum absolute atomic E-state index is 7.47. The van der Waals surface area contributed by atoms with Crippen LogP contribution in [0.15, 0.2) is 18.2 Å². The van der Waals surface area contributed by atoms with Crippen molar-refractivity contribution >= 4 is 11.7 Å². The average molecular weight is 259 g/mol. The Morgan fingerprint density at radius 1 is 1.26 bits per heavy atom. The maximum atomic E-state index is 7.47. The molecule has 1 unspecified atom stereocenters.